The zero-order valence-corrected chi connectivity index (χ0v) is 12.2. The van der Waals surface area contributed by atoms with E-state index in [1.807, 2.05) is 18.2 Å². The molecule has 100 valence electrons. The Bertz CT molecular complexity index is 640. The van der Waals surface area contributed by atoms with Crippen molar-refractivity contribution >= 4 is 15.9 Å². The fraction of sp³-hybridized carbons (Fsp3) is 0.231. The summed E-state index contributed by atoms with van der Waals surface area (Å²) in [5.74, 6) is 1.92. The van der Waals surface area contributed by atoms with E-state index >= 15 is 0 Å². The lowest BCUT2D eigenvalue weighted by Crippen LogP contribution is -2.11. The van der Waals surface area contributed by atoms with Crippen molar-refractivity contribution in [3.8, 4) is 11.5 Å². The van der Waals surface area contributed by atoms with E-state index in [0.29, 0.717) is 28.2 Å². The van der Waals surface area contributed by atoms with Gasteiger partial charge in [0.15, 0.2) is 11.5 Å². The standard InChI is InChI=1S/C13H13BrN2O3/c1-18-10-4-3-8(5-11(10)19-2)6-12-15-7-9(14)13(17)16-12/h3-5,7H,6H2,1-2H3,(H,15,16,17). The molecule has 2 rings (SSSR count). The van der Waals surface area contributed by atoms with Crippen LogP contribution in [0.2, 0.25) is 0 Å². The summed E-state index contributed by atoms with van der Waals surface area (Å²) in [6, 6.07) is 5.59. The summed E-state index contributed by atoms with van der Waals surface area (Å²) in [7, 11) is 3.17. The molecule has 0 amide bonds. The molecule has 0 bridgehead atoms. The number of benzene rings is 1. The SMILES string of the molecule is COc1ccc(Cc2ncc(Br)c(=O)[nH]2)cc1OC. The third kappa shape index (κ3) is 3.14. The molecule has 0 saturated heterocycles. The van der Waals surface area contributed by atoms with E-state index in [2.05, 4.69) is 25.9 Å². The Hall–Kier alpha value is -1.82. The van der Waals surface area contributed by atoms with Gasteiger partial charge in [0.1, 0.15) is 10.3 Å². The van der Waals surface area contributed by atoms with Crippen molar-refractivity contribution in [1.29, 1.82) is 0 Å². The number of nitrogens with one attached hydrogen (secondary N) is 1. The fourth-order valence-electron chi connectivity index (χ4n) is 1.69. The average Bonchev–Trinajstić information content (AvgIpc) is 2.43. The molecule has 1 N–H and O–H groups in total. The first kappa shape index (κ1) is 13.6. The second kappa shape index (κ2) is 5.88. The molecule has 0 saturated carbocycles. The van der Waals surface area contributed by atoms with E-state index in [-0.39, 0.29) is 5.56 Å². The number of rotatable bonds is 4. The van der Waals surface area contributed by atoms with E-state index < -0.39 is 0 Å². The van der Waals surface area contributed by atoms with Crippen LogP contribution in [0.3, 0.4) is 0 Å². The highest BCUT2D eigenvalue weighted by Crippen LogP contribution is 2.28. The molecule has 0 radical (unpaired) electrons. The highest BCUT2D eigenvalue weighted by atomic mass is 79.9. The van der Waals surface area contributed by atoms with Gasteiger partial charge in [0.25, 0.3) is 5.56 Å². The van der Waals surface area contributed by atoms with Crippen LogP contribution in [-0.4, -0.2) is 24.2 Å². The molecule has 0 unspecified atom stereocenters. The summed E-state index contributed by atoms with van der Waals surface area (Å²) >= 11 is 3.11. The van der Waals surface area contributed by atoms with Crippen molar-refractivity contribution in [3.05, 3.63) is 50.6 Å². The minimum absolute atomic E-state index is 0.189. The van der Waals surface area contributed by atoms with Crippen molar-refractivity contribution in [2.75, 3.05) is 14.2 Å². The largest absolute Gasteiger partial charge is 0.493 e. The molecule has 5 nitrogen and oxygen atoms in total. The van der Waals surface area contributed by atoms with Gasteiger partial charge in [0, 0.05) is 12.6 Å². The van der Waals surface area contributed by atoms with Crippen LogP contribution in [0.25, 0.3) is 0 Å². The molecule has 0 aliphatic heterocycles. The van der Waals surface area contributed by atoms with Crippen molar-refractivity contribution in [2.24, 2.45) is 0 Å². The normalized spacial score (nSPS) is 10.3. The zero-order chi connectivity index (χ0) is 13.8. The predicted octanol–water partition coefficient (Wildman–Crippen LogP) is 2.14. The molecular formula is C13H13BrN2O3. The monoisotopic (exact) mass is 324 g/mol. The Morgan fingerprint density at radius 3 is 2.63 bits per heavy atom. The summed E-state index contributed by atoms with van der Waals surface area (Å²) < 4.78 is 10.8. The van der Waals surface area contributed by atoms with Gasteiger partial charge in [-0.1, -0.05) is 6.07 Å². The van der Waals surface area contributed by atoms with E-state index in [1.54, 1.807) is 14.2 Å². The number of nitrogens with zero attached hydrogens (tertiary/aromatic N) is 1. The molecule has 0 aliphatic rings. The van der Waals surface area contributed by atoms with E-state index in [0.717, 1.165) is 5.56 Å². The Balaban J connectivity index is 2.28. The maximum absolute atomic E-state index is 11.5. The first-order valence-corrected chi connectivity index (χ1v) is 6.38. The van der Waals surface area contributed by atoms with Crippen LogP contribution in [0.4, 0.5) is 0 Å². The average molecular weight is 325 g/mol. The molecule has 1 aromatic carbocycles. The second-order valence-corrected chi connectivity index (χ2v) is 4.73. The summed E-state index contributed by atoms with van der Waals surface area (Å²) in [5.41, 5.74) is 0.786. The van der Waals surface area contributed by atoms with Crippen molar-refractivity contribution in [3.63, 3.8) is 0 Å². The number of hydrogen-bond donors (Lipinski definition) is 1. The second-order valence-electron chi connectivity index (χ2n) is 3.87. The third-order valence-electron chi connectivity index (χ3n) is 2.63. The Morgan fingerprint density at radius 1 is 1.26 bits per heavy atom. The minimum Gasteiger partial charge on any atom is -0.493 e. The summed E-state index contributed by atoms with van der Waals surface area (Å²) in [6.45, 7) is 0. The van der Waals surface area contributed by atoms with Gasteiger partial charge in [0.2, 0.25) is 0 Å². The number of halogens is 1. The third-order valence-corrected chi connectivity index (χ3v) is 3.19. The van der Waals surface area contributed by atoms with Gasteiger partial charge in [-0.15, -0.1) is 0 Å². The highest BCUT2D eigenvalue weighted by Gasteiger charge is 2.06. The number of hydrogen-bond acceptors (Lipinski definition) is 4. The number of H-pyrrole nitrogens is 1. The van der Waals surface area contributed by atoms with Gasteiger partial charge >= 0.3 is 0 Å². The quantitative estimate of drug-likeness (QED) is 0.935. The van der Waals surface area contributed by atoms with Crippen molar-refractivity contribution < 1.29 is 9.47 Å². The summed E-state index contributed by atoms with van der Waals surface area (Å²) in [6.07, 6.45) is 2.01. The van der Waals surface area contributed by atoms with Crippen LogP contribution in [0.5, 0.6) is 11.5 Å². The molecule has 1 aromatic heterocycles. The van der Waals surface area contributed by atoms with Gasteiger partial charge in [-0.3, -0.25) is 4.79 Å². The van der Waals surface area contributed by atoms with Gasteiger partial charge in [-0.05, 0) is 33.6 Å². The Morgan fingerprint density at radius 2 is 2.00 bits per heavy atom. The number of methoxy groups -OCH3 is 2. The Labute approximate surface area is 118 Å². The number of ether oxygens (including phenoxy) is 2. The molecule has 6 heteroatoms. The van der Waals surface area contributed by atoms with Crippen LogP contribution >= 0.6 is 15.9 Å². The van der Waals surface area contributed by atoms with Gasteiger partial charge in [-0.2, -0.15) is 0 Å². The lowest BCUT2D eigenvalue weighted by molar-refractivity contribution is 0.354. The molecule has 0 atom stereocenters. The lowest BCUT2D eigenvalue weighted by atomic mass is 10.1. The zero-order valence-electron chi connectivity index (χ0n) is 10.6. The van der Waals surface area contributed by atoms with Gasteiger partial charge in [-0.25, -0.2) is 4.98 Å². The molecular weight excluding hydrogens is 312 g/mol. The van der Waals surface area contributed by atoms with Crippen LogP contribution in [0.1, 0.15) is 11.4 Å². The van der Waals surface area contributed by atoms with E-state index in [9.17, 15) is 4.79 Å². The van der Waals surface area contributed by atoms with Gasteiger partial charge < -0.3 is 14.5 Å². The van der Waals surface area contributed by atoms with E-state index in [4.69, 9.17) is 9.47 Å². The predicted molar refractivity (Wildman–Crippen MR) is 74.9 cm³/mol. The van der Waals surface area contributed by atoms with Crippen LogP contribution in [0.15, 0.2) is 33.7 Å². The van der Waals surface area contributed by atoms with Crippen molar-refractivity contribution in [2.45, 2.75) is 6.42 Å². The molecule has 2 aromatic rings. The van der Waals surface area contributed by atoms with Crippen LogP contribution < -0.4 is 15.0 Å². The molecule has 0 aliphatic carbocycles. The summed E-state index contributed by atoms with van der Waals surface area (Å²) in [4.78, 5) is 18.3. The van der Waals surface area contributed by atoms with E-state index in [1.165, 1.54) is 6.20 Å². The van der Waals surface area contributed by atoms with Crippen molar-refractivity contribution in [1.82, 2.24) is 9.97 Å². The van der Waals surface area contributed by atoms with Crippen LogP contribution in [-0.2, 0) is 6.42 Å². The minimum atomic E-state index is -0.189. The lowest BCUT2D eigenvalue weighted by Gasteiger charge is -2.09. The smallest absolute Gasteiger partial charge is 0.265 e. The maximum Gasteiger partial charge on any atom is 0.265 e. The number of aromatic nitrogens is 2. The molecule has 1 heterocycles. The molecule has 19 heavy (non-hydrogen) atoms. The molecule has 0 spiro atoms. The first-order chi connectivity index (χ1) is 9.13. The maximum atomic E-state index is 11.5. The Kier molecular flexibility index (Phi) is 4.21. The fourth-order valence-corrected chi connectivity index (χ4v) is 1.89. The first-order valence-electron chi connectivity index (χ1n) is 5.58. The van der Waals surface area contributed by atoms with Crippen LogP contribution in [0, 0.1) is 0 Å². The highest BCUT2D eigenvalue weighted by molar-refractivity contribution is 9.10. The van der Waals surface area contributed by atoms with Gasteiger partial charge in [0.05, 0.1) is 14.2 Å². The topological polar surface area (TPSA) is 64.2 Å². The summed E-state index contributed by atoms with van der Waals surface area (Å²) in [5, 5.41) is 0. The molecule has 0 fully saturated rings. The number of aromatic amines is 1.